The summed E-state index contributed by atoms with van der Waals surface area (Å²) in [7, 11) is -3.30. The minimum Gasteiger partial charge on any atom is -0.354 e. The Bertz CT molecular complexity index is 1180. The van der Waals surface area contributed by atoms with Gasteiger partial charge in [-0.05, 0) is 24.3 Å². The molecule has 0 saturated carbocycles. The first kappa shape index (κ1) is 16.8. The van der Waals surface area contributed by atoms with Crippen LogP contribution in [0.4, 0.5) is 11.5 Å². The molecule has 2 N–H and O–H groups in total. The zero-order chi connectivity index (χ0) is 18.3. The SMILES string of the molecule is CS(=O)(=O)c1ccc(Nc2cc3[nH]c(C4=CCN=C4)cc3cn2)c(Cl)c1. The van der Waals surface area contributed by atoms with E-state index in [0.717, 1.165) is 28.4 Å². The van der Waals surface area contributed by atoms with Crippen molar-refractivity contribution in [3.8, 4) is 0 Å². The molecule has 0 unspecified atom stereocenters. The highest BCUT2D eigenvalue weighted by Gasteiger charge is 2.12. The topological polar surface area (TPSA) is 87.2 Å². The molecule has 3 heterocycles. The highest BCUT2D eigenvalue weighted by molar-refractivity contribution is 7.90. The average molecular weight is 387 g/mol. The summed E-state index contributed by atoms with van der Waals surface area (Å²) in [5.74, 6) is 0.606. The van der Waals surface area contributed by atoms with Crippen molar-refractivity contribution in [3.63, 3.8) is 0 Å². The van der Waals surface area contributed by atoms with Gasteiger partial charge in [0, 0.05) is 41.4 Å². The summed E-state index contributed by atoms with van der Waals surface area (Å²) in [6.07, 6.45) is 6.82. The third-order valence-corrected chi connectivity index (χ3v) is 5.52. The number of H-pyrrole nitrogens is 1. The van der Waals surface area contributed by atoms with Gasteiger partial charge in [0.2, 0.25) is 0 Å². The molecule has 6 nitrogen and oxygen atoms in total. The molecular weight excluding hydrogens is 372 g/mol. The second kappa shape index (κ2) is 6.26. The maximum absolute atomic E-state index is 11.6. The van der Waals surface area contributed by atoms with E-state index in [0.29, 0.717) is 23.1 Å². The van der Waals surface area contributed by atoms with Gasteiger partial charge in [-0.3, -0.25) is 4.99 Å². The van der Waals surface area contributed by atoms with Crippen LogP contribution in [-0.2, 0) is 9.84 Å². The van der Waals surface area contributed by atoms with Gasteiger partial charge in [0.1, 0.15) is 5.82 Å². The summed E-state index contributed by atoms with van der Waals surface area (Å²) in [6.45, 7) is 0.706. The van der Waals surface area contributed by atoms with E-state index in [2.05, 4.69) is 26.4 Å². The second-order valence-corrected chi connectivity index (χ2v) is 8.46. The molecule has 4 rings (SSSR count). The Morgan fingerprint density at radius 2 is 2.08 bits per heavy atom. The molecule has 1 aliphatic rings. The number of nitrogens with one attached hydrogen (secondary N) is 2. The van der Waals surface area contributed by atoms with Crippen LogP contribution in [0.3, 0.4) is 0 Å². The largest absolute Gasteiger partial charge is 0.354 e. The minimum atomic E-state index is -3.30. The van der Waals surface area contributed by atoms with E-state index < -0.39 is 9.84 Å². The van der Waals surface area contributed by atoms with Crippen molar-refractivity contribution in [3.05, 3.63) is 53.3 Å². The van der Waals surface area contributed by atoms with Gasteiger partial charge in [0.25, 0.3) is 0 Å². The Morgan fingerprint density at radius 1 is 1.23 bits per heavy atom. The number of halogens is 1. The molecule has 8 heteroatoms. The van der Waals surface area contributed by atoms with Gasteiger partial charge in [-0.25, -0.2) is 13.4 Å². The summed E-state index contributed by atoms with van der Waals surface area (Å²) in [4.78, 5) is 12.1. The molecule has 1 aliphatic heterocycles. The lowest BCUT2D eigenvalue weighted by Crippen LogP contribution is -1.99. The Labute approximate surface area is 155 Å². The highest BCUT2D eigenvalue weighted by Crippen LogP contribution is 2.29. The lowest BCUT2D eigenvalue weighted by atomic mass is 10.2. The standard InChI is InChI=1S/C18H15ClN4O2S/c1-26(24,25)13-2-3-15(14(19)7-13)23-18-8-17-12(10-21-18)6-16(22-17)11-4-5-20-9-11/h2-4,6-10,22H,5H2,1H3,(H,21,23). The van der Waals surface area contributed by atoms with Crippen LogP contribution in [-0.4, -0.2) is 37.4 Å². The number of aromatic amines is 1. The van der Waals surface area contributed by atoms with Crippen molar-refractivity contribution in [2.45, 2.75) is 4.90 Å². The molecule has 0 radical (unpaired) electrons. The summed E-state index contributed by atoms with van der Waals surface area (Å²) < 4.78 is 23.2. The maximum Gasteiger partial charge on any atom is 0.175 e. The fourth-order valence-electron chi connectivity index (χ4n) is 2.75. The maximum atomic E-state index is 11.6. The third kappa shape index (κ3) is 3.23. The number of aromatic nitrogens is 2. The van der Waals surface area contributed by atoms with Gasteiger partial charge in [-0.2, -0.15) is 0 Å². The Hall–Kier alpha value is -2.64. The van der Waals surface area contributed by atoms with E-state index in [1.807, 2.05) is 18.3 Å². The molecule has 0 bridgehead atoms. The second-order valence-electron chi connectivity index (χ2n) is 6.03. The minimum absolute atomic E-state index is 0.178. The first-order valence-electron chi connectivity index (χ1n) is 7.86. The van der Waals surface area contributed by atoms with Crippen molar-refractivity contribution in [2.75, 3.05) is 18.1 Å². The number of allylic oxidation sites excluding steroid dienone is 1. The molecule has 2 aromatic heterocycles. The zero-order valence-electron chi connectivity index (χ0n) is 13.8. The molecule has 26 heavy (non-hydrogen) atoms. The van der Waals surface area contributed by atoms with Crippen molar-refractivity contribution in [2.24, 2.45) is 4.99 Å². The number of hydrogen-bond acceptors (Lipinski definition) is 5. The van der Waals surface area contributed by atoms with Crippen LogP contribution in [0.25, 0.3) is 16.5 Å². The predicted molar refractivity (Wildman–Crippen MR) is 105 cm³/mol. The van der Waals surface area contributed by atoms with Crippen LogP contribution in [0.2, 0.25) is 5.02 Å². The number of sulfone groups is 1. The van der Waals surface area contributed by atoms with Crippen LogP contribution in [0.5, 0.6) is 0 Å². The van der Waals surface area contributed by atoms with Gasteiger partial charge in [-0.15, -0.1) is 0 Å². The summed E-state index contributed by atoms with van der Waals surface area (Å²) in [5, 5.41) is 4.43. The van der Waals surface area contributed by atoms with Crippen molar-refractivity contribution in [1.29, 1.82) is 0 Å². The summed E-state index contributed by atoms with van der Waals surface area (Å²) in [6, 6.07) is 8.48. The number of benzene rings is 1. The molecule has 3 aromatic rings. The average Bonchev–Trinajstić information content (AvgIpc) is 3.24. The van der Waals surface area contributed by atoms with E-state index in [1.165, 1.54) is 12.1 Å². The monoisotopic (exact) mass is 386 g/mol. The van der Waals surface area contributed by atoms with E-state index >= 15 is 0 Å². The van der Waals surface area contributed by atoms with E-state index in [4.69, 9.17) is 11.6 Å². The van der Waals surface area contributed by atoms with Crippen LogP contribution in [0.15, 0.2) is 52.5 Å². The van der Waals surface area contributed by atoms with Gasteiger partial charge in [-0.1, -0.05) is 17.7 Å². The van der Waals surface area contributed by atoms with Crippen LogP contribution >= 0.6 is 11.6 Å². The third-order valence-electron chi connectivity index (χ3n) is 4.09. The molecule has 0 amide bonds. The predicted octanol–water partition coefficient (Wildman–Crippen LogP) is 3.83. The number of hydrogen-bond donors (Lipinski definition) is 2. The molecule has 0 fully saturated rings. The number of rotatable bonds is 4. The van der Waals surface area contributed by atoms with E-state index in [9.17, 15) is 8.42 Å². The van der Waals surface area contributed by atoms with Crippen LogP contribution in [0, 0.1) is 0 Å². The quantitative estimate of drug-likeness (QED) is 0.713. The zero-order valence-corrected chi connectivity index (χ0v) is 15.4. The molecular formula is C18H15ClN4O2S. The highest BCUT2D eigenvalue weighted by atomic mass is 35.5. The lowest BCUT2D eigenvalue weighted by molar-refractivity contribution is 0.602. The van der Waals surface area contributed by atoms with Crippen LogP contribution in [0.1, 0.15) is 5.69 Å². The van der Waals surface area contributed by atoms with Gasteiger partial charge < -0.3 is 10.3 Å². The molecule has 0 aliphatic carbocycles. The van der Waals surface area contributed by atoms with Crippen LogP contribution < -0.4 is 5.32 Å². The lowest BCUT2D eigenvalue weighted by Gasteiger charge is -2.09. The normalized spacial score (nSPS) is 14.0. The number of pyridine rings is 1. The van der Waals surface area contributed by atoms with E-state index in [-0.39, 0.29) is 4.90 Å². The van der Waals surface area contributed by atoms with Crippen molar-refractivity contribution < 1.29 is 8.42 Å². The molecule has 0 spiro atoms. The smallest absolute Gasteiger partial charge is 0.175 e. The molecule has 0 atom stereocenters. The number of nitrogens with zero attached hydrogens (tertiary/aromatic N) is 2. The number of anilines is 2. The Kier molecular flexibility index (Phi) is 4.05. The van der Waals surface area contributed by atoms with Gasteiger partial charge in [0.05, 0.1) is 27.7 Å². The first-order chi connectivity index (χ1) is 12.4. The number of aliphatic imine (C=N–C) groups is 1. The Balaban J connectivity index is 1.64. The molecule has 1 aromatic carbocycles. The van der Waals surface area contributed by atoms with Crippen molar-refractivity contribution in [1.82, 2.24) is 9.97 Å². The van der Waals surface area contributed by atoms with Crippen molar-refractivity contribution >= 4 is 55.6 Å². The summed E-state index contributed by atoms with van der Waals surface area (Å²) >= 11 is 6.21. The summed E-state index contributed by atoms with van der Waals surface area (Å²) in [5.41, 5.74) is 3.58. The van der Waals surface area contributed by atoms with Gasteiger partial charge in [0.15, 0.2) is 9.84 Å². The van der Waals surface area contributed by atoms with Gasteiger partial charge >= 0.3 is 0 Å². The first-order valence-corrected chi connectivity index (χ1v) is 10.1. The Morgan fingerprint density at radius 3 is 2.77 bits per heavy atom. The number of fused-ring (bicyclic) bond motifs is 1. The van der Waals surface area contributed by atoms with E-state index in [1.54, 1.807) is 12.3 Å². The fourth-order valence-corrected chi connectivity index (χ4v) is 3.69. The molecule has 132 valence electrons. The fraction of sp³-hybridized carbons (Fsp3) is 0.111. The molecule has 0 saturated heterocycles.